The van der Waals surface area contributed by atoms with Crippen molar-refractivity contribution in [3.8, 4) is 0 Å². The predicted molar refractivity (Wildman–Crippen MR) is 59.5 cm³/mol. The van der Waals surface area contributed by atoms with Crippen molar-refractivity contribution in [1.82, 2.24) is 9.55 Å². The summed E-state index contributed by atoms with van der Waals surface area (Å²) in [7, 11) is 2.00. The molecule has 1 unspecified atom stereocenters. The van der Waals surface area contributed by atoms with Gasteiger partial charge in [-0.3, -0.25) is 0 Å². The maximum Gasteiger partial charge on any atom is 0.108 e. The lowest BCUT2D eigenvalue weighted by Crippen LogP contribution is -2.31. The first-order valence-electron chi connectivity index (χ1n) is 5.84. The van der Waals surface area contributed by atoms with Gasteiger partial charge in [-0.2, -0.15) is 0 Å². The fraction of sp³-hybridized carbons (Fsp3) is 0.750. The summed E-state index contributed by atoms with van der Waals surface area (Å²) >= 11 is 0. The molecular weight excluding hydrogens is 188 g/mol. The maximum atomic E-state index is 10.4. The molecule has 0 aromatic carbocycles. The fourth-order valence-electron chi connectivity index (χ4n) is 2.26. The van der Waals surface area contributed by atoms with E-state index < -0.39 is 5.60 Å². The number of aliphatic hydroxyl groups is 1. The summed E-state index contributed by atoms with van der Waals surface area (Å²) in [6, 6.07) is 0. The van der Waals surface area contributed by atoms with Crippen molar-refractivity contribution in [3.63, 3.8) is 0 Å². The molecule has 0 bridgehead atoms. The summed E-state index contributed by atoms with van der Waals surface area (Å²) in [6.45, 7) is 2.08. The highest BCUT2D eigenvalue weighted by Crippen LogP contribution is 2.43. The molecule has 0 amide bonds. The molecule has 1 fully saturated rings. The average molecular weight is 208 g/mol. The number of aromatic nitrogens is 2. The molecule has 0 spiro atoms. The minimum atomic E-state index is -0.439. The van der Waals surface area contributed by atoms with Gasteiger partial charge in [0.25, 0.3) is 0 Å². The summed E-state index contributed by atoms with van der Waals surface area (Å²) in [5, 5.41) is 10.4. The SMILES string of the molecule is CCC(O)(CCc1nccn1C)C1CC1. The highest BCUT2D eigenvalue weighted by Gasteiger charge is 2.41. The van der Waals surface area contributed by atoms with Crippen molar-refractivity contribution in [2.75, 3.05) is 0 Å². The molecular formula is C12H20N2O. The Morgan fingerprint density at radius 3 is 2.80 bits per heavy atom. The molecule has 1 aliphatic carbocycles. The van der Waals surface area contributed by atoms with Crippen LogP contribution in [-0.2, 0) is 13.5 Å². The van der Waals surface area contributed by atoms with E-state index in [9.17, 15) is 5.11 Å². The first-order valence-corrected chi connectivity index (χ1v) is 5.84. The zero-order valence-corrected chi connectivity index (χ0v) is 9.61. The molecule has 1 saturated carbocycles. The Balaban J connectivity index is 1.94. The molecule has 2 rings (SSSR count). The van der Waals surface area contributed by atoms with E-state index in [0.717, 1.165) is 25.1 Å². The molecule has 15 heavy (non-hydrogen) atoms. The lowest BCUT2D eigenvalue weighted by atomic mass is 9.89. The van der Waals surface area contributed by atoms with E-state index in [1.807, 2.05) is 24.0 Å². The van der Waals surface area contributed by atoms with Crippen molar-refractivity contribution >= 4 is 0 Å². The Labute approximate surface area is 91.1 Å². The van der Waals surface area contributed by atoms with E-state index in [2.05, 4.69) is 11.9 Å². The largest absolute Gasteiger partial charge is 0.390 e. The first kappa shape index (κ1) is 10.7. The monoisotopic (exact) mass is 208 g/mol. The third kappa shape index (κ3) is 2.23. The normalized spacial score (nSPS) is 20.2. The van der Waals surface area contributed by atoms with Crippen LogP contribution in [0.5, 0.6) is 0 Å². The zero-order chi connectivity index (χ0) is 10.9. The van der Waals surface area contributed by atoms with Crippen molar-refractivity contribution in [2.24, 2.45) is 13.0 Å². The molecule has 3 heteroatoms. The number of hydrogen-bond acceptors (Lipinski definition) is 2. The average Bonchev–Trinajstić information content (AvgIpc) is 3.01. The van der Waals surface area contributed by atoms with Crippen LogP contribution in [0.25, 0.3) is 0 Å². The summed E-state index contributed by atoms with van der Waals surface area (Å²) < 4.78 is 2.03. The van der Waals surface area contributed by atoms with E-state index in [1.165, 1.54) is 12.8 Å². The Bertz CT molecular complexity index is 330. The minimum absolute atomic E-state index is 0.439. The van der Waals surface area contributed by atoms with E-state index in [1.54, 1.807) is 0 Å². The van der Waals surface area contributed by atoms with E-state index in [-0.39, 0.29) is 0 Å². The van der Waals surface area contributed by atoms with Crippen LogP contribution in [0, 0.1) is 5.92 Å². The summed E-state index contributed by atoms with van der Waals surface area (Å²) in [6.07, 6.45) is 8.76. The minimum Gasteiger partial charge on any atom is -0.390 e. The Kier molecular flexibility index (Phi) is 2.83. The van der Waals surface area contributed by atoms with Gasteiger partial charge >= 0.3 is 0 Å². The topological polar surface area (TPSA) is 38.1 Å². The second kappa shape index (κ2) is 3.97. The van der Waals surface area contributed by atoms with Gasteiger partial charge in [-0.25, -0.2) is 4.98 Å². The van der Waals surface area contributed by atoms with Gasteiger partial charge in [0.1, 0.15) is 5.82 Å². The smallest absolute Gasteiger partial charge is 0.108 e. The Morgan fingerprint density at radius 2 is 2.33 bits per heavy atom. The molecule has 1 aromatic heterocycles. The molecule has 1 aliphatic rings. The van der Waals surface area contributed by atoms with Crippen LogP contribution in [0.2, 0.25) is 0 Å². The van der Waals surface area contributed by atoms with Gasteiger partial charge in [0.15, 0.2) is 0 Å². The summed E-state index contributed by atoms with van der Waals surface area (Å²) in [5.41, 5.74) is -0.439. The van der Waals surface area contributed by atoms with Crippen molar-refractivity contribution in [1.29, 1.82) is 0 Å². The highest BCUT2D eigenvalue weighted by atomic mass is 16.3. The molecule has 3 nitrogen and oxygen atoms in total. The van der Waals surface area contributed by atoms with Crippen LogP contribution in [-0.4, -0.2) is 20.3 Å². The standard InChI is InChI=1S/C12H20N2O/c1-3-12(15,10-4-5-10)7-6-11-13-8-9-14(11)2/h8-10,15H,3-7H2,1-2H3. The van der Waals surface area contributed by atoms with Crippen LogP contribution in [0.15, 0.2) is 12.4 Å². The van der Waals surface area contributed by atoms with E-state index in [0.29, 0.717) is 5.92 Å². The molecule has 1 N–H and O–H groups in total. The van der Waals surface area contributed by atoms with Crippen LogP contribution >= 0.6 is 0 Å². The Morgan fingerprint density at radius 1 is 1.60 bits per heavy atom. The summed E-state index contributed by atoms with van der Waals surface area (Å²) in [5.74, 6) is 1.62. The molecule has 1 atom stereocenters. The van der Waals surface area contributed by atoms with Gasteiger partial charge in [-0.1, -0.05) is 6.92 Å². The highest BCUT2D eigenvalue weighted by molar-refractivity contribution is 4.98. The Hall–Kier alpha value is -0.830. The van der Waals surface area contributed by atoms with Gasteiger partial charge < -0.3 is 9.67 Å². The number of rotatable bonds is 5. The molecule has 1 aromatic rings. The van der Waals surface area contributed by atoms with E-state index >= 15 is 0 Å². The molecule has 1 heterocycles. The van der Waals surface area contributed by atoms with Crippen molar-refractivity contribution in [2.45, 2.75) is 44.6 Å². The maximum absolute atomic E-state index is 10.4. The fourth-order valence-corrected chi connectivity index (χ4v) is 2.26. The van der Waals surface area contributed by atoms with Crippen LogP contribution in [0.3, 0.4) is 0 Å². The second-order valence-corrected chi connectivity index (χ2v) is 4.69. The number of aryl methyl sites for hydroxylation is 2. The lowest BCUT2D eigenvalue weighted by molar-refractivity contribution is 0.00491. The van der Waals surface area contributed by atoms with Crippen LogP contribution in [0.1, 0.15) is 38.4 Å². The molecule has 0 saturated heterocycles. The second-order valence-electron chi connectivity index (χ2n) is 4.69. The number of hydrogen-bond donors (Lipinski definition) is 1. The molecule has 84 valence electrons. The van der Waals surface area contributed by atoms with Gasteiger partial charge in [0.05, 0.1) is 5.60 Å². The van der Waals surface area contributed by atoms with Crippen LogP contribution < -0.4 is 0 Å². The quantitative estimate of drug-likeness (QED) is 0.802. The number of imidazole rings is 1. The number of nitrogens with zero attached hydrogens (tertiary/aromatic N) is 2. The lowest BCUT2D eigenvalue weighted by Gasteiger charge is -2.26. The zero-order valence-electron chi connectivity index (χ0n) is 9.61. The van der Waals surface area contributed by atoms with Crippen molar-refractivity contribution < 1.29 is 5.11 Å². The summed E-state index contributed by atoms with van der Waals surface area (Å²) in [4.78, 5) is 4.28. The van der Waals surface area contributed by atoms with Gasteiger partial charge in [-0.15, -0.1) is 0 Å². The van der Waals surface area contributed by atoms with Crippen molar-refractivity contribution in [3.05, 3.63) is 18.2 Å². The van der Waals surface area contributed by atoms with Gasteiger partial charge in [0.2, 0.25) is 0 Å². The van der Waals surface area contributed by atoms with Gasteiger partial charge in [0, 0.05) is 25.9 Å². The molecule has 0 aliphatic heterocycles. The third-order valence-corrected chi connectivity index (χ3v) is 3.65. The molecule has 0 radical (unpaired) electrons. The van der Waals surface area contributed by atoms with Gasteiger partial charge in [-0.05, 0) is 31.6 Å². The third-order valence-electron chi connectivity index (χ3n) is 3.65. The van der Waals surface area contributed by atoms with E-state index in [4.69, 9.17) is 0 Å². The van der Waals surface area contributed by atoms with Crippen LogP contribution in [0.4, 0.5) is 0 Å². The first-order chi connectivity index (χ1) is 7.15. The predicted octanol–water partition coefficient (Wildman–Crippen LogP) is 1.90.